The van der Waals surface area contributed by atoms with Crippen LogP contribution in [0.5, 0.6) is 0 Å². The summed E-state index contributed by atoms with van der Waals surface area (Å²) in [6.07, 6.45) is 0. The lowest BCUT2D eigenvalue weighted by Crippen LogP contribution is -2.38. The van der Waals surface area contributed by atoms with Crippen molar-refractivity contribution in [1.82, 2.24) is 10.3 Å². The number of nitrogens with two attached hydrogens (primary N) is 1. The van der Waals surface area contributed by atoms with Crippen LogP contribution >= 0.6 is 11.3 Å². The molecule has 0 fully saturated rings. The van der Waals surface area contributed by atoms with Crippen LogP contribution in [0.3, 0.4) is 0 Å². The van der Waals surface area contributed by atoms with Crippen molar-refractivity contribution in [2.24, 2.45) is 5.73 Å². The van der Waals surface area contributed by atoms with E-state index in [9.17, 15) is 8.78 Å². The average molecular weight is 235 g/mol. The van der Waals surface area contributed by atoms with Gasteiger partial charge in [-0.05, 0) is 13.8 Å². The van der Waals surface area contributed by atoms with Gasteiger partial charge in [0.1, 0.15) is 0 Å². The van der Waals surface area contributed by atoms with E-state index in [0.717, 1.165) is 15.6 Å². The van der Waals surface area contributed by atoms with Gasteiger partial charge >= 0.3 is 0 Å². The molecule has 15 heavy (non-hydrogen) atoms. The first kappa shape index (κ1) is 12.5. The minimum absolute atomic E-state index is 0.389. The monoisotopic (exact) mass is 235 g/mol. The highest BCUT2D eigenvalue weighted by atomic mass is 32.1. The summed E-state index contributed by atoms with van der Waals surface area (Å²) in [5.74, 6) is -2.83. The molecule has 3 N–H and O–H groups in total. The molecule has 0 aliphatic carbocycles. The molecule has 1 rings (SSSR count). The number of hydrogen-bond donors (Lipinski definition) is 2. The molecule has 0 atom stereocenters. The second-order valence-corrected chi connectivity index (χ2v) is 4.69. The Morgan fingerprint density at radius 1 is 1.47 bits per heavy atom. The van der Waals surface area contributed by atoms with Crippen LogP contribution in [0.2, 0.25) is 0 Å². The van der Waals surface area contributed by atoms with Crippen LogP contribution < -0.4 is 11.1 Å². The molecule has 0 bridgehead atoms. The Labute approximate surface area is 91.7 Å². The Kier molecular flexibility index (Phi) is 4.12. The number of nitrogens with zero attached hydrogens (tertiary/aromatic N) is 1. The van der Waals surface area contributed by atoms with E-state index >= 15 is 0 Å². The van der Waals surface area contributed by atoms with Gasteiger partial charge in [-0.3, -0.25) is 0 Å². The van der Waals surface area contributed by atoms with Gasteiger partial charge in [0.05, 0.1) is 23.8 Å². The van der Waals surface area contributed by atoms with Crippen molar-refractivity contribution >= 4 is 11.3 Å². The molecule has 0 amide bonds. The average Bonchev–Trinajstić information content (AvgIpc) is 2.45. The fourth-order valence-corrected chi connectivity index (χ4v) is 2.08. The number of aromatic nitrogens is 1. The fourth-order valence-electron chi connectivity index (χ4n) is 1.17. The lowest BCUT2D eigenvalue weighted by atomic mass is 10.3. The van der Waals surface area contributed by atoms with Crippen LogP contribution in [0.4, 0.5) is 8.78 Å². The summed E-state index contributed by atoms with van der Waals surface area (Å²) in [6.45, 7) is 3.19. The van der Waals surface area contributed by atoms with Gasteiger partial charge in [0.25, 0.3) is 5.92 Å². The standard InChI is InChI=1S/C9H15F2N3S/c1-6-8(15-7(2)14-6)3-13-5-9(10,11)4-12/h13H,3-5,12H2,1-2H3. The molecule has 0 saturated heterocycles. The highest BCUT2D eigenvalue weighted by Gasteiger charge is 2.25. The van der Waals surface area contributed by atoms with Crippen molar-refractivity contribution in [1.29, 1.82) is 0 Å². The summed E-state index contributed by atoms with van der Waals surface area (Å²) in [6, 6.07) is 0. The van der Waals surface area contributed by atoms with Crippen LogP contribution in [0.15, 0.2) is 0 Å². The van der Waals surface area contributed by atoms with Crippen LogP contribution in [-0.2, 0) is 6.54 Å². The van der Waals surface area contributed by atoms with Gasteiger partial charge in [-0.25, -0.2) is 13.8 Å². The number of rotatable bonds is 5. The Balaban J connectivity index is 2.41. The molecule has 0 aromatic carbocycles. The van der Waals surface area contributed by atoms with Gasteiger partial charge in [-0.2, -0.15) is 0 Å². The van der Waals surface area contributed by atoms with Gasteiger partial charge in [0.15, 0.2) is 0 Å². The first-order chi connectivity index (χ1) is 6.94. The van der Waals surface area contributed by atoms with E-state index in [0.29, 0.717) is 6.54 Å². The van der Waals surface area contributed by atoms with Crippen molar-refractivity contribution in [2.75, 3.05) is 13.1 Å². The molecule has 1 aromatic rings. The molecule has 1 aromatic heterocycles. The molecule has 0 aliphatic heterocycles. The third kappa shape index (κ3) is 3.81. The van der Waals surface area contributed by atoms with Gasteiger partial charge in [-0.15, -0.1) is 11.3 Å². The Hall–Kier alpha value is -0.590. The summed E-state index contributed by atoms with van der Waals surface area (Å²) in [4.78, 5) is 5.21. The predicted molar refractivity (Wildman–Crippen MR) is 57.3 cm³/mol. The van der Waals surface area contributed by atoms with E-state index < -0.39 is 12.5 Å². The van der Waals surface area contributed by atoms with Crippen LogP contribution in [0, 0.1) is 13.8 Å². The molecular formula is C9H15F2N3S. The van der Waals surface area contributed by atoms with Crippen molar-refractivity contribution in [3.8, 4) is 0 Å². The number of nitrogens with one attached hydrogen (secondary N) is 1. The number of hydrogen-bond acceptors (Lipinski definition) is 4. The smallest absolute Gasteiger partial charge is 0.272 e. The normalized spacial score (nSPS) is 12.1. The maximum absolute atomic E-state index is 12.8. The zero-order chi connectivity index (χ0) is 11.5. The van der Waals surface area contributed by atoms with Crippen molar-refractivity contribution in [3.05, 3.63) is 15.6 Å². The van der Waals surface area contributed by atoms with E-state index in [-0.39, 0.29) is 6.54 Å². The predicted octanol–water partition coefficient (Wildman–Crippen LogP) is 1.44. The Bertz CT molecular complexity index is 325. The van der Waals surface area contributed by atoms with Crippen molar-refractivity contribution in [2.45, 2.75) is 26.3 Å². The third-order valence-corrected chi connectivity index (χ3v) is 3.04. The number of halogens is 2. The SMILES string of the molecule is Cc1nc(C)c(CNCC(F)(F)CN)s1. The minimum Gasteiger partial charge on any atom is -0.325 e. The first-order valence-corrected chi connectivity index (χ1v) is 5.48. The van der Waals surface area contributed by atoms with Gasteiger partial charge < -0.3 is 11.1 Å². The molecular weight excluding hydrogens is 220 g/mol. The quantitative estimate of drug-likeness (QED) is 0.812. The number of alkyl halides is 2. The van der Waals surface area contributed by atoms with E-state index in [1.165, 1.54) is 11.3 Å². The molecule has 0 aliphatic rings. The molecule has 0 unspecified atom stereocenters. The summed E-state index contributed by atoms with van der Waals surface area (Å²) in [7, 11) is 0. The lowest BCUT2D eigenvalue weighted by molar-refractivity contribution is 0.0116. The molecule has 0 radical (unpaired) electrons. The maximum Gasteiger partial charge on any atom is 0.272 e. The van der Waals surface area contributed by atoms with Crippen LogP contribution in [-0.4, -0.2) is 24.0 Å². The Morgan fingerprint density at radius 2 is 2.13 bits per heavy atom. The summed E-state index contributed by atoms with van der Waals surface area (Å²) in [5, 5.41) is 3.64. The number of thiazole rings is 1. The third-order valence-electron chi connectivity index (χ3n) is 1.97. The zero-order valence-electron chi connectivity index (χ0n) is 8.81. The highest BCUT2D eigenvalue weighted by molar-refractivity contribution is 7.11. The second-order valence-electron chi connectivity index (χ2n) is 3.41. The molecule has 3 nitrogen and oxygen atoms in total. The van der Waals surface area contributed by atoms with Gasteiger partial charge in [0.2, 0.25) is 0 Å². The molecule has 0 spiro atoms. The first-order valence-electron chi connectivity index (χ1n) is 4.66. The Morgan fingerprint density at radius 3 is 2.60 bits per heavy atom. The molecule has 0 saturated carbocycles. The largest absolute Gasteiger partial charge is 0.325 e. The van der Waals surface area contributed by atoms with Gasteiger partial charge in [-0.1, -0.05) is 0 Å². The fraction of sp³-hybridized carbons (Fsp3) is 0.667. The lowest BCUT2D eigenvalue weighted by Gasteiger charge is -2.13. The molecule has 1 heterocycles. The second kappa shape index (κ2) is 4.96. The topological polar surface area (TPSA) is 50.9 Å². The molecule has 6 heteroatoms. The van der Waals surface area contributed by atoms with E-state index in [2.05, 4.69) is 10.3 Å². The highest BCUT2D eigenvalue weighted by Crippen LogP contribution is 2.17. The van der Waals surface area contributed by atoms with Crippen LogP contribution in [0.25, 0.3) is 0 Å². The number of aryl methyl sites for hydroxylation is 2. The van der Waals surface area contributed by atoms with E-state index in [1.807, 2.05) is 13.8 Å². The minimum atomic E-state index is -2.83. The van der Waals surface area contributed by atoms with Crippen molar-refractivity contribution < 1.29 is 8.78 Å². The van der Waals surface area contributed by atoms with Crippen LogP contribution in [0.1, 0.15) is 15.6 Å². The molecule has 86 valence electrons. The maximum atomic E-state index is 12.8. The van der Waals surface area contributed by atoms with Crippen molar-refractivity contribution in [3.63, 3.8) is 0 Å². The van der Waals surface area contributed by atoms with E-state index in [1.54, 1.807) is 0 Å². The van der Waals surface area contributed by atoms with E-state index in [4.69, 9.17) is 5.73 Å². The summed E-state index contributed by atoms with van der Waals surface area (Å²) >= 11 is 1.52. The summed E-state index contributed by atoms with van der Waals surface area (Å²) < 4.78 is 25.5. The summed E-state index contributed by atoms with van der Waals surface area (Å²) in [5.41, 5.74) is 5.82. The zero-order valence-corrected chi connectivity index (χ0v) is 9.63. The van der Waals surface area contributed by atoms with Gasteiger partial charge in [0, 0.05) is 11.4 Å².